The second kappa shape index (κ2) is 26.0. The summed E-state index contributed by atoms with van der Waals surface area (Å²) in [5.41, 5.74) is 7.07. The number of unbranched alkanes of at least 4 members (excludes halogenated alkanes) is 4. The molecule has 2 aliphatic heterocycles. The molecule has 5 aromatic rings. The lowest BCUT2D eigenvalue weighted by atomic mass is 9.77. The molecule has 17 nitrogen and oxygen atoms in total. The maximum Gasteiger partial charge on any atom is 0.243 e. The van der Waals surface area contributed by atoms with Crippen molar-refractivity contribution in [3.05, 3.63) is 89.3 Å². The van der Waals surface area contributed by atoms with Crippen molar-refractivity contribution >= 4 is 46.3 Å². The van der Waals surface area contributed by atoms with E-state index in [-0.39, 0.29) is 62.1 Å². The highest BCUT2D eigenvalue weighted by molar-refractivity contribution is 7.13. The molecule has 1 unspecified atom stereocenters. The fourth-order valence-electron chi connectivity index (χ4n) is 9.28. The number of rotatable bonds is 26. The minimum Gasteiger partial charge on any atom is -0.391 e. The van der Waals surface area contributed by atoms with Gasteiger partial charge in [0, 0.05) is 83.5 Å². The highest BCUT2D eigenvalue weighted by atomic mass is 32.1. The van der Waals surface area contributed by atoms with Gasteiger partial charge in [0.15, 0.2) is 5.78 Å². The number of imidazole rings is 1. The van der Waals surface area contributed by atoms with E-state index in [0.29, 0.717) is 38.5 Å². The van der Waals surface area contributed by atoms with Crippen LogP contribution in [0, 0.1) is 29.6 Å². The van der Waals surface area contributed by atoms with Crippen LogP contribution < -0.4 is 16.0 Å². The van der Waals surface area contributed by atoms with E-state index in [1.165, 1.54) is 4.90 Å². The summed E-state index contributed by atoms with van der Waals surface area (Å²) < 4.78 is 13.4. The lowest BCUT2D eigenvalue weighted by Gasteiger charge is -2.34. The van der Waals surface area contributed by atoms with Crippen molar-refractivity contribution in [2.24, 2.45) is 11.3 Å². The van der Waals surface area contributed by atoms with Crippen molar-refractivity contribution in [1.82, 2.24) is 39.8 Å². The summed E-state index contributed by atoms with van der Waals surface area (Å²) in [7, 11) is 0. The van der Waals surface area contributed by atoms with E-state index >= 15 is 0 Å². The van der Waals surface area contributed by atoms with Crippen LogP contribution in [0.4, 0.5) is 5.82 Å². The van der Waals surface area contributed by atoms with Crippen LogP contribution >= 0.6 is 11.3 Å². The van der Waals surface area contributed by atoms with Gasteiger partial charge in [-0.3, -0.25) is 28.5 Å². The lowest BCUT2D eigenvalue weighted by Crippen LogP contribution is -2.50. The van der Waals surface area contributed by atoms with Crippen LogP contribution in [0.3, 0.4) is 0 Å². The van der Waals surface area contributed by atoms with Gasteiger partial charge in [0.2, 0.25) is 17.7 Å². The number of nitriles is 1. The summed E-state index contributed by atoms with van der Waals surface area (Å²) in [5.74, 6) is -0.705. The van der Waals surface area contributed by atoms with Gasteiger partial charge in [-0.05, 0) is 92.7 Å². The van der Waals surface area contributed by atoms with Crippen LogP contribution in [0.2, 0.25) is 0 Å². The van der Waals surface area contributed by atoms with Gasteiger partial charge in [-0.25, -0.2) is 15.0 Å². The molecule has 0 spiro atoms. The predicted octanol–water partition coefficient (Wildman–Crippen LogP) is 6.58. The molecule has 3 amide bonds. The van der Waals surface area contributed by atoms with Gasteiger partial charge in [0.05, 0.1) is 51.9 Å². The second-order valence-electron chi connectivity index (χ2n) is 20.0. The molecular formula is C54H70N10O7S. The molecule has 2 fully saturated rings. The minimum atomic E-state index is -0.830. The third-order valence-corrected chi connectivity index (χ3v) is 14.3. The molecule has 6 heterocycles. The number of aryl methyl sites for hydroxylation is 1. The molecule has 0 aliphatic carbocycles. The lowest BCUT2D eigenvalue weighted by molar-refractivity contribution is -0.146. The first-order chi connectivity index (χ1) is 34.7. The molecule has 0 bridgehead atoms. The molecule has 72 heavy (non-hydrogen) atoms. The van der Waals surface area contributed by atoms with Crippen molar-refractivity contribution in [1.29, 1.82) is 5.26 Å². The highest BCUT2D eigenvalue weighted by Crippen LogP contribution is 2.34. The number of nitrogens with one attached hydrogen (secondary N) is 3. The number of amides is 3. The van der Waals surface area contributed by atoms with Gasteiger partial charge < -0.3 is 35.4 Å². The zero-order chi connectivity index (χ0) is 51.0. The standard InChI is InChI=1S/C54H70N10O7S/c1-37-51(72-36-59-37)40-17-14-38(15-18-40)29-58-52(68)46-27-42(65)33-64(46)53(69)44(54(2,3)4)26-43(66)35-71-25-10-6-9-24-70-23-8-5-7-21-56-50(67)34-62-22-20-41(32-62)60-48-13-11-12-45(61-48)47-30-57-49-19-16-39(28-55)31-63(47)49/h11-19,30-31,36,41-42,44,46,65H,5-10,20-27,29,32-35H2,1-4H3,(H,56,67)(H,58,68)(H,60,61)/t41?,42-,44-,46+/m1/s1. The van der Waals surface area contributed by atoms with E-state index in [0.717, 1.165) is 103 Å². The molecule has 1 aromatic carbocycles. The van der Waals surface area contributed by atoms with Gasteiger partial charge in [-0.2, -0.15) is 5.26 Å². The molecule has 7 rings (SSSR count). The molecule has 384 valence electrons. The van der Waals surface area contributed by atoms with Crippen LogP contribution in [-0.2, 0) is 35.2 Å². The van der Waals surface area contributed by atoms with E-state index < -0.39 is 23.5 Å². The molecule has 0 saturated carbocycles. The number of fused-ring (bicyclic) bond motifs is 1. The van der Waals surface area contributed by atoms with E-state index in [1.807, 2.05) is 86.1 Å². The highest BCUT2D eigenvalue weighted by Gasteiger charge is 2.44. The quantitative estimate of drug-likeness (QED) is 0.0432. The third kappa shape index (κ3) is 15.2. The molecule has 4 atom stereocenters. The number of thiazole rings is 1. The Hall–Kier alpha value is -6.10. The van der Waals surface area contributed by atoms with Crippen LogP contribution in [0.15, 0.2) is 72.5 Å². The van der Waals surface area contributed by atoms with Gasteiger partial charge >= 0.3 is 0 Å². The van der Waals surface area contributed by atoms with Gasteiger partial charge in [0.25, 0.3) is 0 Å². The first-order valence-corrected chi connectivity index (χ1v) is 26.2. The van der Waals surface area contributed by atoms with Crippen molar-refractivity contribution in [2.45, 2.75) is 110 Å². The zero-order valence-corrected chi connectivity index (χ0v) is 42.9. The number of hydrogen-bond donors (Lipinski definition) is 4. The Kier molecular flexibility index (Phi) is 19.4. The number of β-amino-alcohol motifs (C(OH)–C–C–N with tert-alkyl or cyclic N) is 1. The maximum atomic E-state index is 14.0. The Labute approximate surface area is 426 Å². The van der Waals surface area contributed by atoms with Gasteiger partial charge in [-0.1, -0.05) is 51.1 Å². The summed E-state index contributed by atoms with van der Waals surface area (Å²) in [5, 5.41) is 29.5. The number of nitrogens with zero attached hydrogens (tertiary/aromatic N) is 7. The zero-order valence-electron chi connectivity index (χ0n) is 42.1. The molecule has 0 radical (unpaired) electrons. The number of carbonyl (C=O) groups is 4. The monoisotopic (exact) mass is 1000 g/mol. The number of hydrogen-bond acceptors (Lipinski definition) is 14. The first kappa shape index (κ1) is 53.7. The second-order valence-corrected chi connectivity index (χ2v) is 20.9. The smallest absolute Gasteiger partial charge is 0.243 e. The Morgan fingerprint density at radius 1 is 0.931 bits per heavy atom. The topological polar surface area (TPSA) is 216 Å². The number of aromatic nitrogens is 4. The van der Waals surface area contributed by atoms with Gasteiger partial charge in [0.1, 0.15) is 30.2 Å². The summed E-state index contributed by atoms with van der Waals surface area (Å²) >= 11 is 1.58. The van der Waals surface area contributed by atoms with Crippen LogP contribution in [0.5, 0.6) is 0 Å². The van der Waals surface area contributed by atoms with Crippen LogP contribution in [0.25, 0.3) is 27.5 Å². The number of ether oxygens (including phenoxy) is 2. The Morgan fingerprint density at radius 3 is 2.43 bits per heavy atom. The average molecular weight is 1000 g/mol. The number of likely N-dealkylation sites (tertiary alicyclic amines) is 2. The van der Waals surface area contributed by atoms with E-state index in [2.05, 4.69) is 36.9 Å². The largest absolute Gasteiger partial charge is 0.391 e. The van der Waals surface area contributed by atoms with Crippen molar-refractivity contribution in [2.75, 3.05) is 64.5 Å². The SMILES string of the molecule is Cc1ncsc1-c1ccc(CNC(=O)[C@@H]2C[C@@H](O)CN2C(=O)[C@@H](CC(=O)COCCCCCOCCCCCNC(=O)CN2CCC(Nc3cccc(-c4cnc5ccc(C#N)cn45)n3)C2)C(C)(C)C)cc1. The summed E-state index contributed by atoms with van der Waals surface area (Å²) in [6.45, 7) is 12.3. The Morgan fingerprint density at radius 2 is 1.69 bits per heavy atom. The summed E-state index contributed by atoms with van der Waals surface area (Å²) in [4.78, 5) is 71.6. The molecule has 4 N–H and O–H groups in total. The van der Waals surface area contributed by atoms with Crippen molar-refractivity contribution in [3.63, 3.8) is 0 Å². The number of aliphatic hydroxyl groups excluding tert-OH is 1. The molecular weight excluding hydrogens is 933 g/mol. The number of benzene rings is 1. The van der Waals surface area contributed by atoms with E-state index in [9.17, 15) is 29.5 Å². The number of anilines is 1. The maximum absolute atomic E-state index is 14.0. The number of ketones is 1. The average Bonchev–Trinajstić information content (AvgIpc) is 4.19. The van der Waals surface area contributed by atoms with E-state index in [4.69, 9.17) is 14.5 Å². The van der Waals surface area contributed by atoms with Crippen molar-refractivity contribution < 1.29 is 33.8 Å². The Bertz CT molecular complexity index is 2640. The molecule has 18 heteroatoms. The fourth-order valence-corrected chi connectivity index (χ4v) is 10.1. The van der Waals surface area contributed by atoms with Crippen molar-refractivity contribution in [3.8, 4) is 27.9 Å². The number of aliphatic hydroxyl groups is 1. The predicted molar refractivity (Wildman–Crippen MR) is 277 cm³/mol. The number of pyridine rings is 2. The summed E-state index contributed by atoms with van der Waals surface area (Å²) in [6.07, 6.45) is 9.07. The molecule has 4 aromatic heterocycles. The number of Topliss-reactive ketones (excluding diaryl/α,β-unsaturated/α-hetero) is 1. The number of carbonyl (C=O) groups excluding carboxylic acids is 4. The summed E-state index contributed by atoms with van der Waals surface area (Å²) in [6, 6.07) is 18.8. The third-order valence-electron chi connectivity index (χ3n) is 13.3. The molecule has 2 saturated heterocycles. The Balaban J connectivity index is 0.695. The van der Waals surface area contributed by atoms with E-state index in [1.54, 1.807) is 29.8 Å². The normalized spacial score (nSPS) is 17.5. The fraction of sp³-hybridized carbons (Fsp3) is 0.519. The first-order valence-electron chi connectivity index (χ1n) is 25.3. The minimum absolute atomic E-state index is 0.0112. The van der Waals surface area contributed by atoms with Crippen LogP contribution in [0.1, 0.15) is 95.4 Å². The van der Waals surface area contributed by atoms with Crippen LogP contribution in [-0.4, -0.2) is 135 Å². The molecule has 2 aliphatic rings. The van der Waals surface area contributed by atoms with Gasteiger partial charge in [-0.15, -0.1) is 11.3 Å².